The molecule has 142 valence electrons. The Labute approximate surface area is 161 Å². The smallest absolute Gasteiger partial charge is 0.343 e. The molecule has 0 aromatic carbocycles. The summed E-state index contributed by atoms with van der Waals surface area (Å²) in [5, 5.41) is 5.38. The van der Waals surface area contributed by atoms with Crippen LogP contribution in [-0.2, 0) is 24.0 Å². The van der Waals surface area contributed by atoms with Gasteiger partial charge >= 0.3 is 5.97 Å². The van der Waals surface area contributed by atoms with Gasteiger partial charge in [-0.3, -0.25) is 0 Å². The molecule has 0 spiro atoms. The fourth-order valence-electron chi connectivity index (χ4n) is 3.57. The third kappa shape index (κ3) is 2.97. The Balaban J connectivity index is 1.92. The molecule has 3 aromatic rings. The predicted octanol–water partition coefficient (Wildman–Crippen LogP) is 3.32. The number of ether oxygens (including phenoxy) is 1. The van der Waals surface area contributed by atoms with Crippen molar-refractivity contribution in [3.8, 4) is 5.82 Å². The van der Waals surface area contributed by atoms with Crippen molar-refractivity contribution in [1.82, 2.24) is 19.7 Å². The molecule has 27 heavy (non-hydrogen) atoms. The van der Waals surface area contributed by atoms with Gasteiger partial charge in [-0.25, -0.2) is 14.8 Å². The summed E-state index contributed by atoms with van der Waals surface area (Å²) in [5.74, 6) is 1.87. The molecule has 7 nitrogen and oxygen atoms in total. The molecular weight excluding hydrogens is 362 g/mol. The minimum Gasteiger partial charge on any atom is -0.462 e. The van der Waals surface area contributed by atoms with Crippen molar-refractivity contribution >= 4 is 33.3 Å². The quantitative estimate of drug-likeness (QED) is 0.692. The summed E-state index contributed by atoms with van der Waals surface area (Å²) in [5.41, 5.74) is 7.83. The van der Waals surface area contributed by atoms with Crippen LogP contribution >= 0.6 is 11.3 Å². The highest BCUT2D eigenvalue weighted by molar-refractivity contribution is 7.18. The fraction of sp³-hybridized carbons (Fsp3) is 0.474. The lowest BCUT2D eigenvalue weighted by molar-refractivity contribution is 0.0527. The lowest BCUT2D eigenvalue weighted by atomic mass is 9.89. The van der Waals surface area contributed by atoms with Crippen molar-refractivity contribution in [3.05, 3.63) is 28.0 Å². The molecule has 0 unspecified atom stereocenters. The minimum absolute atomic E-state index is 0.250. The van der Waals surface area contributed by atoms with Crippen LogP contribution in [0.4, 0.5) is 5.82 Å². The molecule has 0 fully saturated rings. The Morgan fingerprint density at radius 1 is 1.41 bits per heavy atom. The molecule has 1 aliphatic carbocycles. The molecule has 0 saturated carbocycles. The number of carbonyl (C=O) groups is 1. The number of esters is 1. The molecule has 3 heterocycles. The van der Waals surface area contributed by atoms with Gasteiger partial charge in [-0.15, -0.1) is 11.3 Å². The van der Waals surface area contributed by atoms with Crippen molar-refractivity contribution in [2.45, 2.75) is 46.5 Å². The SMILES string of the molecule is CCOC(=O)c1cnn(-c2nc(CC)nc3sc4c(c23)CC[C@H](C)C4)c1N. The molecule has 3 aromatic heterocycles. The molecule has 0 radical (unpaired) electrons. The number of nitrogens with zero attached hydrogens (tertiary/aromatic N) is 4. The summed E-state index contributed by atoms with van der Waals surface area (Å²) < 4.78 is 6.63. The molecule has 8 heteroatoms. The van der Waals surface area contributed by atoms with E-state index >= 15 is 0 Å². The van der Waals surface area contributed by atoms with Gasteiger partial charge in [-0.2, -0.15) is 9.78 Å². The van der Waals surface area contributed by atoms with Gasteiger partial charge in [0.25, 0.3) is 0 Å². The molecule has 0 aliphatic heterocycles. The van der Waals surface area contributed by atoms with Crippen molar-refractivity contribution in [1.29, 1.82) is 0 Å². The number of nitrogen functional groups attached to an aromatic ring is 1. The van der Waals surface area contributed by atoms with Crippen LogP contribution in [0.1, 0.15) is 53.8 Å². The second kappa shape index (κ2) is 6.92. The zero-order chi connectivity index (χ0) is 19.1. The maximum absolute atomic E-state index is 12.1. The van der Waals surface area contributed by atoms with Crippen LogP contribution in [-0.4, -0.2) is 32.3 Å². The molecule has 1 atom stereocenters. The number of carbonyl (C=O) groups excluding carboxylic acids is 1. The first-order valence-corrected chi connectivity index (χ1v) is 10.2. The number of thiophene rings is 1. The third-order valence-electron chi connectivity index (χ3n) is 5.00. The Morgan fingerprint density at radius 2 is 2.22 bits per heavy atom. The van der Waals surface area contributed by atoms with E-state index in [1.807, 2.05) is 6.92 Å². The van der Waals surface area contributed by atoms with E-state index in [9.17, 15) is 4.79 Å². The monoisotopic (exact) mass is 385 g/mol. The lowest BCUT2D eigenvalue weighted by Crippen LogP contribution is -2.12. The van der Waals surface area contributed by atoms with Crippen LogP contribution in [0, 0.1) is 5.92 Å². The lowest BCUT2D eigenvalue weighted by Gasteiger charge is -2.18. The summed E-state index contributed by atoms with van der Waals surface area (Å²) >= 11 is 1.74. The van der Waals surface area contributed by atoms with Gasteiger partial charge in [0, 0.05) is 11.3 Å². The normalized spacial score (nSPS) is 16.5. The van der Waals surface area contributed by atoms with Gasteiger partial charge in [-0.05, 0) is 37.7 Å². The van der Waals surface area contributed by atoms with E-state index in [1.165, 1.54) is 16.6 Å². The van der Waals surface area contributed by atoms with Gasteiger partial charge in [0.15, 0.2) is 5.82 Å². The van der Waals surface area contributed by atoms with Crippen LogP contribution < -0.4 is 5.73 Å². The number of fused-ring (bicyclic) bond motifs is 3. The molecule has 4 rings (SSSR count). The predicted molar refractivity (Wildman–Crippen MR) is 105 cm³/mol. The summed E-state index contributed by atoms with van der Waals surface area (Å²) in [6.07, 6.45) is 5.39. The summed E-state index contributed by atoms with van der Waals surface area (Å²) in [4.78, 5) is 24.0. The van der Waals surface area contributed by atoms with Gasteiger partial charge in [-0.1, -0.05) is 13.8 Å². The molecule has 0 amide bonds. The van der Waals surface area contributed by atoms with E-state index in [-0.39, 0.29) is 18.0 Å². The largest absolute Gasteiger partial charge is 0.462 e. The number of aryl methyl sites for hydroxylation is 2. The summed E-state index contributed by atoms with van der Waals surface area (Å²) in [7, 11) is 0. The molecule has 0 saturated heterocycles. The standard InChI is InChI=1S/C19H23N5O2S/c1-4-14-22-17(24-16(20)12(9-21-24)19(25)26-5-2)15-11-7-6-10(3)8-13(11)27-18(15)23-14/h9-10H,4-8,20H2,1-3H3/t10-/m0/s1. The molecule has 0 bridgehead atoms. The van der Waals surface area contributed by atoms with Crippen LogP contribution in [0.3, 0.4) is 0 Å². The fourth-order valence-corrected chi connectivity index (χ4v) is 4.97. The number of aromatic nitrogens is 4. The van der Waals surface area contributed by atoms with Crippen molar-refractivity contribution in [2.24, 2.45) is 5.92 Å². The Kier molecular flexibility index (Phi) is 4.59. The number of nitrogens with two attached hydrogens (primary N) is 1. The summed E-state index contributed by atoms with van der Waals surface area (Å²) in [6.45, 7) is 6.36. The molecule has 1 aliphatic rings. The Bertz CT molecular complexity index is 1020. The van der Waals surface area contributed by atoms with E-state index < -0.39 is 5.97 Å². The first-order chi connectivity index (χ1) is 13.0. The van der Waals surface area contributed by atoms with Gasteiger partial charge < -0.3 is 10.5 Å². The first-order valence-electron chi connectivity index (χ1n) is 9.35. The zero-order valence-electron chi connectivity index (χ0n) is 15.8. The topological polar surface area (TPSA) is 95.9 Å². The van der Waals surface area contributed by atoms with Crippen molar-refractivity contribution < 1.29 is 9.53 Å². The highest BCUT2D eigenvalue weighted by atomic mass is 32.1. The first kappa shape index (κ1) is 17.9. The average molecular weight is 385 g/mol. The Morgan fingerprint density at radius 3 is 2.96 bits per heavy atom. The van der Waals surface area contributed by atoms with E-state index in [4.69, 9.17) is 20.4 Å². The van der Waals surface area contributed by atoms with Crippen LogP contribution in [0.15, 0.2) is 6.20 Å². The minimum atomic E-state index is -0.469. The third-order valence-corrected chi connectivity index (χ3v) is 6.15. The van der Waals surface area contributed by atoms with Crippen LogP contribution in [0.5, 0.6) is 0 Å². The van der Waals surface area contributed by atoms with E-state index in [0.29, 0.717) is 18.2 Å². The zero-order valence-corrected chi connectivity index (χ0v) is 16.6. The second-order valence-electron chi connectivity index (χ2n) is 6.92. The van der Waals surface area contributed by atoms with E-state index in [2.05, 4.69) is 12.0 Å². The highest BCUT2D eigenvalue weighted by Crippen LogP contribution is 2.40. The maximum Gasteiger partial charge on any atom is 0.343 e. The Hall–Kier alpha value is -2.48. The van der Waals surface area contributed by atoms with Crippen molar-refractivity contribution in [3.63, 3.8) is 0 Å². The second-order valence-corrected chi connectivity index (χ2v) is 8.01. The summed E-state index contributed by atoms with van der Waals surface area (Å²) in [6, 6.07) is 0. The van der Waals surface area contributed by atoms with Crippen molar-refractivity contribution in [2.75, 3.05) is 12.3 Å². The number of hydrogen-bond donors (Lipinski definition) is 1. The highest BCUT2D eigenvalue weighted by Gasteiger charge is 2.26. The van der Waals surface area contributed by atoms with E-state index in [0.717, 1.165) is 35.3 Å². The van der Waals surface area contributed by atoms with Gasteiger partial charge in [0.05, 0.1) is 18.2 Å². The number of hydrogen-bond acceptors (Lipinski definition) is 7. The van der Waals surface area contributed by atoms with Crippen LogP contribution in [0.25, 0.3) is 16.0 Å². The molecular formula is C19H23N5O2S. The van der Waals surface area contributed by atoms with Crippen LogP contribution in [0.2, 0.25) is 0 Å². The maximum atomic E-state index is 12.1. The number of anilines is 1. The number of rotatable bonds is 4. The van der Waals surface area contributed by atoms with Gasteiger partial charge in [0.2, 0.25) is 0 Å². The average Bonchev–Trinajstić information content (AvgIpc) is 3.20. The van der Waals surface area contributed by atoms with E-state index in [1.54, 1.807) is 22.9 Å². The molecule has 2 N–H and O–H groups in total. The van der Waals surface area contributed by atoms with Gasteiger partial charge in [0.1, 0.15) is 22.0 Å².